The number of benzene rings is 1. The molecule has 31 heavy (non-hydrogen) atoms. The highest BCUT2D eigenvalue weighted by atomic mass is 16.2. The average Bonchev–Trinajstić information content (AvgIpc) is 3.22. The second-order valence-corrected chi connectivity index (χ2v) is 7.73. The van der Waals surface area contributed by atoms with Gasteiger partial charge in [-0.05, 0) is 49.1 Å². The fourth-order valence-corrected chi connectivity index (χ4v) is 4.14. The van der Waals surface area contributed by atoms with E-state index < -0.39 is 0 Å². The fourth-order valence-electron chi connectivity index (χ4n) is 4.14. The number of piperidine rings is 1. The van der Waals surface area contributed by atoms with Gasteiger partial charge in [0, 0.05) is 43.8 Å². The first-order chi connectivity index (χ1) is 15.1. The smallest absolute Gasteiger partial charge is 0.255 e. The van der Waals surface area contributed by atoms with Crippen molar-refractivity contribution >= 4 is 28.7 Å². The Bertz CT molecular complexity index is 1190. The Kier molecular flexibility index (Phi) is 5.80. The van der Waals surface area contributed by atoms with Crippen LogP contribution in [-0.2, 0) is 6.54 Å². The highest BCUT2D eigenvalue weighted by Crippen LogP contribution is 2.24. The van der Waals surface area contributed by atoms with Gasteiger partial charge in [-0.1, -0.05) is 12.1 Å². The maximum atomic E-state index is 12.8. The first-order valence-electron chi connectivity index (χ1n) is 10.3. The van der Waals surface area contributed by atoms with Crippen molar-refractivity contribution in [2.75, 3.05) is 13.1 Å². The van der Waals surface area contributed by atoms with Crippen LogP contribution in [-0.4, -0.2) is 39.7 Å². The highest BCUT2D eigenvalue weighted by molar-refractivity contribution is 6.07. The summed E-state index contributed by atoms with van der Waals surface area (Å²) in [7, 11) is 0. The van der Waals surface area contributed by atoms with E-state index >= 15 is 0 Å². The standard InChI is InChI=1S/C24H24N6O/c25-13-18-3-1-2-4-20(18)24(31)29-10-7-17(8-11-29)16-30-12-9-22-23(30)6-5-21(28-22)19(14-26)15-27/h1-6,9,12,14-15,17,26H,7-8,10-11,16,27H2/b19-15+,26-14?. The third-order valence-electron chi connectivity index (χ3n) is 5.89. The quantitative estimate of drug-likeness (QED) is 0.625. The number of allylic oxidation sites excluding steroid dienone is 1. The maximum absolute atomic E-state index is 12.8. The number of carbonyl (C=O) groups is 1. The SMILES string of the molecule is N#Cc1ccccc1C(=O)N1CCC(Cn2ccc3nc(/C(C=N)=C/N)ccc32)CC1. The van der Waals surface area contributed by atoms with E-state index in [1.807, 2.05) is 29.3 Å². The average molecular weight is 412 g/mol. The highest BCUT2D eigenvalue weighted by Gasteiger charge is 2.25. The summed E-state index contributed by atoms with van der Waals surface area (Å²) in [6.07, 6.45) is 6.47. The largest absolute Gasteiger partial charge is 0.404 e. The lowest BCUT2D eigenvalue weighted by Gasteiger charge is -2.32. The zero-order valence-corrected chi connectivity index (χ0v) is 17.2. The summed E-state index contributed by atoms with van der Waals surface area (Å²) in [4.78, 5) is 19.3. The molecule has 1 saturated heterocycles. The summed E-state index contributed by atoms with van der Waals surface area (Å²) in [5.74, 6) is 0.403. The molecule has 0 saturated carbocycles. The van der Waals surface area contributed by atoms with Gasteiger partial charge in [-0.15, -0.1) is 0 Å². The van der Waals surface area contributed by atoms with Crippen molar-refractivity contribution in [3.05, 3.63) is 71.7 Å². The minimum atomic E-state index is -0.0614. The van der Waals surface area contributed by atoms with Crippen molar-refractivity contribution in [1.29, 1.82) is 10.7 Å². The summed E-state index contributed by atoms with van der Waals surface area (Å²) in [6, 6.07) is 15.0. The van der Waals surface area contributed by atoms with Crippen molar-refractivity contribution < 1.29 is 4.79 Å². The van der Waals surface area contributed by atoms with Crippen molar-refractivity contribution in [2.45, 2.75) is 19.4 Å². The Labute approximate surface area is 180 Å². The molecule has 3 N–H and O–H groups in total. The molecule has 1 aliphatic rings. The van der Waals surface area contributed by atoms with Gasteiger partial charge in [0.2, 0.25) is 0 Å². The zero-order valence-electron chi connectivity index (χ0n) is 17.2. The Morgan fingerprint density at radius 3 is 2.71 bits per heavy atom. The van der Waals surface area contributed by atoms with Gasteiger partial charge >= 0.3 is 0 Å². The predicted octanol–water partition coefficient (Wildman–Crippen LogP) is 3.41. The number of pyridine rings is 1. The number of aromatic nitrogens is 2. The summed E-state index contributed by atoms with van der Waals surface area (Å²) in [5.41, 5.74) is 9.68. The van der Waals surface area contributed by atoms with Crippen LogP contribution in [0.15, 0.2) is 54.9 Å². The zero-order chi connectivity index (χ0) is 21.8. The van der Waals surface area contributed by atoms with E-state index in [1.165, 1.54) is 12.4 Å². The molecule has 1 amide bonds. The number of rotatable bonds is 5. The van der Waals surface area contributed by atoms with Gasteiger partial charge in [-0.25, -0.2) is 4.98 Å². The molecule has 2 aromatic heterocycles. The van der Waals surface area contributed by atoms with Crippen LogP contribution in [0.5, 0.6) is 0 Å². The number of amides is 1. The number of nitrogens with zero attached hydrogens (tertiary/aromatic N) is 4. The van der Waals surface area contributed by atoms with E-state index in [0.717, 1.165) is 30.4 Å². The van der Waals surface area contributed by atoms with E-state index in [2.05, 4.69) is 15.6 Å². The van der Waals surface area contributed by atoms with Gasteiger partial charge in [-0.2, -0.15) is 5.26 Å². The van der Waals surface area contributed by atoms with Crippen molar-refractivity contribution in [2.24, 2.45) is 11.7 Å². The van der Waals surface area contributed by atoms with Crippen molar-refractivity contribution in [3.8, 4) is 6.07 Å². The molecule has 0 atom stereocenters. The first-order valence-corrected chi connectivity index (χ1v) is 10.3. The van der Waals surface area contributed by atoms with Crippen LogP contribution in [0.25, 0.3) is 16.6 Å². The second-order valence-electron chi connectivity index (χ2n) is 7.73. The third-order valence-corrected chi connectivity index (χ3v) is 5.89. The summed E-state index contributed by atoms with van der Waals surface area (Å²) < 4.78 is 2.20. The predicted molar refractivity (Wildman–Crippen MR) is 120 cm³/mol. The van der Waals surface area contributed by atoms with Crippen LogP contribution in [0, 0.1) is 22.7 Å². The molecule has 1 aliphatic heterocycles. The van der Waals surface area contributed by atoms with E-state index in [0.29, 0.717) is 41.4 Å². The van der Waals surface area contributed by atoms with E-state index in [-0.39, 0.29) is 5.91 Å². The summed E-state index contributed by atoms with van der Waals surface area (Å²) in [6.45, 7) is 2.25. The van der Waals surface area contributed by atoms with E-state index in [4.69, 9.17) is 11.1 Å². The van der Waals surface area contributed by atoms with Crippen LogP contribution < -0.4 is 5.73 Å². The monoisotopic (exact) mass is 412 g/mol. The lowest BCUT2D eigenvalue weighted by Crippen LogP contribution is -2.39. The number of nitrogens with one attached hydrogen (secondary N) is 1. The van der Waals surface area contributed by atoms with Crippen LogP contribution >= 0.6 is 0 Å². The molecular formula is C24H24N6O. The van der Waals surface area contributed by atoms with Crippen LogP contribution in [0.3, 0.4) is 0 Å². The number of carbonyl (C=O) groups excluding carboxylic acids is 1. The molecule has 0 aliphatic carbocycles. The third kappa shape index (κ3) is 4.05. The minimum Gasteiger partial charge on any atom is -0.404 e. The van der Waals surface area contributed by atoms with E-state index in [1.54, 1.807) is 24.3 Å². The molecule has 0 bridgehead atoms. The molecule has 3 aromatic rings. The number of fused-ring (bicyclic) bond motifs is 1. The molecule has 7 nitrogen and oxygen atoms in total. The Balaban J connectivity index is 1.42. The lowest BCUT2D eigenvalue weighted by atomic mass is 9.95. The van der Waals surface area contributed by atoms with Gasteiger partial charge in [0.05, 0.1) is 33.9 Å². The molecule has 1 fully saturated rings. The molecule has 4 rings (SSSR count). The van der Waals surface area contributed by atoms with Crippen molar-refractivity contribution in [3.63, 3.8) is 0 Å². The Hall–Kier alpha value is -3.92. The molecule has 1 aromatic carbocycles. The maximum Gasteiger partial charge on any atom is 0.255 e. The number of nitrogens with two attached hydrogens (primary N) is 1. The molecule has 0 radical (unpaired) electrons. The van der Waals surface area contributed by atoms with Gasteiger partial charge in [0.25, 0.3) is 5.91 Å². The van der Waals surface area contributed by atoms with Crippen molar-refractivity contribution in [1.82, 2.24) is 14.5 Å². The van der Waals surface area contributed by atoms with Crippen LogP contribution in [0.1, 0.15) is 34.5 Å². The van der Waals surface area contributed by atoms with E-state index in [9.17, 15) is 10.1 Å². The number of nitriles is 1. The van der Waals surface area contributed by atoms with Gasteiger partial charge < -0.3 is 20.6 Å². The topological polar surface area (TPSA) is 112 Å². The molecular weight excluding hydrogens is 388 g/mol. The molecule has 156 valence electrons. The number of hydrogen-bond donors (Lipinski definition) is 2. The Morgan fingerprint density at radius 1 is 1.23 bits per heavy atom. The van der Waals surface area contributed by atoms with Gasteiger partial charge in [0.1, 0.15) is 0 Å². The normalized spacial score (nSPS) is 15.1. The molecule has 0 unspecified atom stereocenters. The molecule has 0 spiro atoms. The first kappa shape index (κ1) is 20.4. The van der Waals surface area contributed by atoms with Crippen LogP contribution in [0.4, 0.5) is 0 Å². The summed E-state index contributed by atoms with van der Waals surface area (Å²) >= 11 is 0. The van der Waals surface area contributed by atoms with Gasteiger partial charge in [-0.3, -0.25) is 4.79 Å². The number of likely N-dealkylation sites (tertiary alicyclic amines) is 1. The molecule has 3 heterocycles. The number of hydrogen-bond acceptors (Lipinski definition) is 5. The minimum absolute atomic E-state index is 0.0614. The van der Waals surface area contributed by atoms with Gasteiger partial charge in [0.15, 0.2) is 0 Å². The Morgan fingerprint density at radius 2 is 2.00 bits per heavy atom. The lowest BCUT2D eigenvalue weighted by molar-refractivity contribution is 0.0683. The second kappa shape index (κ2) is 8.84. The fraction of sp³-hybridized carbons (Fsp3) is 0.250. The van der Waals surface area contributed by atoms with Crippen LogP contribution in [0.2, 0.25) is 0 Å². The molecule has 7 heteroatoms. The summed E-state index contributed by atoms with van der Waals surface area (Å²) in [5, 5.41) is 16.7.